The fourth-order valence-electron chi connectivity index (χ4n) is 0. The molecule has 28 valence electrons. The van der Waals surface area contributed by atoms with Gasteiger partial charge in [0, 0.05) is 5.15 Å². The van der Waals surface area contributed by atoms with Crippen LogP contribution in [0, 0.1) is 0 Å². The first-order valence-corrected chi connectivity index (χ1v) is 0.309. The van der Waals surface area contributed by atoms with Gasteiger partial charge in [-0.3, -0.25) is 0 Å². The SMILES string of the molecule is FOF.S. The number of hydrogen-bond donors (Lipinski definition) is 0. The van der Waals surface area contributed by atoms with E-state index in [2.05, 4.69) is 0 Å². The van der Waals surface area contributed by atoms with Crippen LogP contribution >= 0.6 is 13.5 Å². The summed E-state index contributed by atoms with van der Waals surface area (Å²) in [5.74, 6) is 0. The average molecular weight is 88.1 g/mol. The quantitative estimate of drug-likeness (QED) is 0.427. The molecule has 0 aliphatic rings. The molecule has 0 atom stereocenters. The molecule has 0 bridgehead atoms. The van der Waals surface area contributed by atoms with Crippen LogP contribution in [0.4, 0.5) is 9.05 Å². The van der Waals surface area contributed by atoms with Gasteiger partial charge in [0.15, 0.2) is 0 Å². The topological polar surface area (TPSA) is 9.23 Å². The van der Waals surface area contributed by atoms with Crippen LogP contribution < -0.4 is 0 Å². The predicted octanol–water partition coefficient (Wildman–Crippen LogP) is 0.885. The molecule has 0 saturated heterocycles. The van der Waals surface area contributed by atoms with Gasteiger partial charge in [0.1, 0.15) is 0 Å². The first kappa shape index (κ1) is 8.90. The van der Waals surface area contributed by atoms with Crippen LogP contribution in [0.25, 0.3) is 0 Å². The van der Waals surface area contributed by atoms with E-state index in [4.69, 9.17) is 9.05 Å². The Hall–Kier alpha value is 0.170. The van der Waals surface area contributed by atoms with E-state index in [1.165, 1.54) is 5.15 Å². The third-order valence-corrected chi connectivity index (χ3v) is 0. The van der Waals surface area contributed by atoms with Gasteiger partial charge in [0.2, 0.25) is 0 Å². The predicted molar refractivity (Wildman–Crippen MR) is 13.7 cm³/mol. The van der Waals surface area contributed by atoms with Crippen molar-refractivity contribution >= 4 is 13.5 Å². The largest absolute Gasteiger partial charge is 0.197 e. The minimum Gasteiger partial charge on any atom is -0.197 e. The van der Waals surface area contributed by atoms with E-state index in [1.54, 1.807) is 0 Å². The summed E-state index contributed by atoms with van der Waals surface area (Å²) in [4.78, 5) is 0. The van der Waals surface area contributed by atoms with E-state index >= 15 is 0 Å². The zero-order valence-electron chi connectivity index (χ0n) is 1.66. The lowest BCUT2D eigenvalue weighted by Crippen LogP contribution is -1.26. The molecule has 0 aromatic heterocycles. The van der Waals surface area contributed by atoms with Crippen molar-refractivity contribution in [1.29, 1.82) is 0 Å². The molecular weight excluding hydrogens is 86.1 g/mol. The molecule has 0 aromatic rings. The average Bonchev–Trinajstić information content (AvgIpc) is 0.918. The van der Waals surface area contributed by atoms with Crippen molar-refractivity contribution in [2.24, 2.45) is 0 Å². The Bertz CT molecular complexity index is 6.00. The zero-order chi connectivity index (χ0) is 2.71. The molecule has 0 unspecified atom stereocenters. The summed E-state index contributed by atoms with van der Waals surface area (Å²) >= 11 is 0. The van der Waals surface area contributed by atoms with E-state index in [0.29, 0.717) is 0 Å². The molecular formula is H2F2OS. The molecule has 0 rings (SSSR count). The summed E-state index contributed by atoms with van der Waals surface area (Å²) in [5, 5.41) is 1.25. The van der Waals surface area contributed by atoms with Crippen molar-refractivity contribution in [3.63, 3.8) is 0 Å². The molecule has 0 saturated carbocycles. The lowest BCUT2D eigenvalue weighted by Gasteiger charge is -1.41. The molecule has 1 nitrogen and oxygen atoms in total. The van der Waals surface area contributed by atoms with Crippen LogP contribution in [0.2, 0.25) is 0 Å². The fourth-order valence-corrected chi connectivity index (χ4v) is 0. The summed E-state index contributed by atoms with van der Waals surface area (Å²) in [5.41, 5.74) is 0. The van der Waals surface area contributed by atoms with Crippen LogP contribution in [0.15, 0.2) is 0 Å². The first-order chi connectivity index (χ1) is 1.41. The Morgan fingerprint density at radius 1 is 1.25 bits per heavy atom. The lowest BCUT2D eigenvalue weighted by atomic mass is 15.4. The maximum Gasteiger partial charge on any atom is 0.0209 e. The van der Waals surface area contributed by atoms with Crippen molar-refractivity contribution in [2.75, 3.05) is 0 Å². The van der Waals surface area contributed by atoms with Crippen LogP contribution in [0.1, 0.15) is 0 Å². The van der Waals surface area contributed by atoms with Crippen LogP contribution in [-0.2, 0) is 5.15 Å². The Kier molecular flexibility index (Phi) is 24.3. The highest BCUT2D eigenvalue weighted by Crippen LogP contribution is 1.61. The van der Waals surface area contributed by atoms with Crippen molar-refractivity contribution in [1.82, 2.24) is 0 Å². The van der Waals surface area contributed by atoms with Gasteiger partial charge in [-0.15, -0.1) is 0 Å². The minimum atomic E-state index is 0. The third kappa shape index (κ3) is 103. The highest BCUT2D eigenvalue weighted by molar-refractivity contribution is 7.59. The van der Waals surface area contributed by atoms with Crippen LogP contribution in [0.3, 0.4) is 0 Å². The Balaban J connectivity index is 0. The van der Waals surface area contributed by atoms with E-state index in [1.807, 2.05) is 0 Å². The summed E-state index contributed by atoms with van der Waals surface area (Å²) in [6.07, 6.45) is 0. The molecule has 0 amide bonds. The highest BCUT2D eigenvalue weighted by Gasteiger charge is 1.42. The number of rotatable bonds is 0. The smallest absolute Gasteiger partial charge is 0.0209 e. The maximum absolute atomic E-state index is 9.12. The molecule has 0 aliphatic carbocycles. The highest BCUT2D eigenvalue weighted by atomic mass is 32.1. The monoisotopic (exact) mass is 88.0 g/mol. The molecule has 0 aromatic carbocycles. The number of hydrogen-bond acceptors (Lipinski definition) is 1. The van der Waals surface area contributed by atoms with Gasteiger partial charge in [0.25, 0.3) is 0 Å². The standard InChI is InChI=1S/F2O.H2S/c1-3-2;/h;1H2. The van der Waals surface area contributed by atoms with E-state index < -0.39 is 0 Å². The summed E-state index contributed by atoms with van der Waals surface area (Å²) in [7, 11) is 0. The lowest BCUT2D eigenvalue weighted by molar-refractivity contribution is -0.317. The van der Waals surface area contributed by atoms with Crippen molar-refractivity contribution in [3.05, 3.63) is 0 Å². The first-order valence-electron chi connectivity index (χ1n) is 0.309. The summed E-state index contributed by atoms with van der Waals surface area (Å²) < 4.78 is 18.2. The van der Waals surface area contributed by atoms with Gasteiger partial charge in [0.05, 0.1) is 0 Å². The van der Waals surface area contributed by atoms with Crippen molar-refractivity contribution < 1.29 is 14.2 Å². The van der Waals surface area contributed by atoms with Gasteiger partial charge < -0.3 is 0 Å². The fraction of sp³-hybridized carbons (Fsp3) is 0. The molecule has 0 aliphatic heterocycles. The van der Waals surface area contributed by atoms with Crippen LogP contribution in [-0.4, -0.2) is 0 Å². The van der Waals surface area contributed by atoms with E-state index in [0.717, 1.165) is 0 Å². The Labute approximate surface area is 28.8 Å². The van der Waals surface area contributed by atoms with Crippen molar-refractivity contribution in [2.45, 2.75) is 0 Å². The number of halogens is 2. The van der Waals surface area contributed by atoms with E-state index in [9.17, 15) is 0 Å². The molecule has 0 fully saturated rings. The maximum atomic E-state index is 9.12. The zero-order valence-corrected chi connectivity index (χ0v) is 2.66. The van der Waals surface area contributed by atoms with Gasteiger partial charge in [-0.25, -0.2) is 0 Å². The molecule has 4 heavy (non-hydrogen) atoms. The molecule has 0 N–H and O–H groups in total. The second kappa shape index (κ2) is 10.9. The summed E-state index contributed by atoms with van der Waals surface area (Å²) in [6.45, 7) is 0. The van der Waals surface area contributed by atoms with Crippen molar-refractivity contribution in [3.8, 4) is 0 Å². The van der Waals surface area contributed by atoms with E-state index in [-0.39, 0.29) is 13.5 Å². The third-order valence-electron chi connectivity index (χ3n) is 0. The summed E-state index contributed by atoms with van der Waals surface area (Å²) in [6, 6.07) is 0. The van der Waals surface area contributed by atoms with Gasteiger partial charge in [-0.2, -0.15) is 13.5 Å². The Morgan fingerprint density at radius 3 is 1.25 bits per heavy atom. The molecule has 0 spiro atoms. The normalized spacial score (nSPS) is 4.50. The van der Waals surface area contributed by atoms with Gasteiger partial charge >= 0.3 is 0 Å². The molecule has 0 radical (unpaired) electrons. The molecule has 4 heteroatoms. The second-order valence-corrected chi connectivity index (χ2v) is 0.0583. The Morgan fingerprint density at radius 2 is 1.25 bits per heavy atom. The second-order valence-electron chi connectivity index (χ2n) is 0.0583. The van der Waals surface area contributed by atoms with Gasteiger partial charge in [-0.05, 0) is 9.05 Å². The van der Waals surface area contributed by atoms with Crippen LogP contribution in [0.5, 0.6) is 0 Å². The molecule has 0 heterocycles. The van der Waals surface area contributed by atoms with Gasteiger partial charge in [-0.1, -0.05) is 0 Å². The minimum absolute atomic E-state index is 0.